The van der Waals surface area contributed by atoms with E-state index >= 15 is 0 Å². The summed E-state index contributed by atoms with van der Waals surface area (Å²) in [6.07, 6.45) is 5.37. The van der Waals surface area contributed by atoms with Gasteiger partial charge in [-0.1, -0.05) is 142 Å². The van der Waals surface area contributed by atoms with E-state index < -0.39 is 0 Å². The first-order valence-corrected chi connectivity index (χ1v) is 18.0. The van der Waals surface area contributed by atoms with E-state index in [0.717, 1.165) is 12.1 Å². The van der Waals surface area contributed by atoms with Gasteiger partial charge in [0.15, 0.2) is 0 Å². The van der Waals surface area contributed by atoms with Crippen LogP contribution in [0.2, 0.25) is 0 Å². The Morgan fingerprint density at radius 1 is 0.440 bits per heavy atom. The first kappa shape index (κ1) is 31.5. The molecule has 0 amide bonds. The van der Waals surface area contributed by atoms with Crippen molar-refractivity contribution in [1.29, 1.82) is 0 Å². The fraction of sp³-hybridized carbons (Fsp3) is 0.122. The first-order valence-electron chi connectivity index (χ1n) is 18.0. The van der Waals surface area contributed by atoms with Crippen molar-refractivity contribution in [2.24, 2.45) is 0 Å². The van der Waals surface area contributed by atoms with Crippen molar-refractivity contribution in [2.45, 2.75) is 39.0 Å². The topological polar surface area (TPSA) is 12.9 Å². The largest absolute Gasteiger partial charge is 0.256 e. The number of pyridine rings is 1. The molecule has 50 heavy (non-hydrogen) atoms. The molecule has 0 aliphatic heterocycles. The van der Waals surface area contributed by atoms with E-state index in [4.69, 9.17) is 4.98 Å². The molecule has 0 saturated heterocycles. The van der Waals surface area contributed by atoms with E-state index in [-0.39, 0.29) is 0 Å². The molecule has 0 radical (unpaired) electrons. The summed E-state index contributed by atoms with van der Waals surface area (Å²) in [5, 5.41) is 5.03. The Balaban J connectivity index is 1.29. The van der Waals surface area contributed by atoms with Gasteiger partial charge < -0.3 is 0 Å². The van der Waals surface area contributed by atoms with E-state index in [1.54, 1.807) is 0 Å². The lowest BCUT2D eigenvalue weighted by molar-refractivity contribution is 0.597. The van der Waals surface area contributed by atoms with E-state index in [1.807, 2.05) is 12.3 Å². The monoisotopic (exact) mass is 643 g/mol. The van der Waals surface area contributed by atoms with E-state index in [1.165, 1.54) is 90.0 Å². The molecule has 0 aliphatic rings. The van der Waals surface area contributed by atoms with Crippen molar-refractivity contribution in [3.63, 3.8) is 0 Å². The highest BCUT2D eigenvalue weighted by molar-refractivity contribution is 6.01. The second-order valence-corrected chi connectivity index (χ2v) is 13.3. The normalized spacial score (nSPS) is 12.0. The summed E-state index contributed by atoms with van der Waals surface area (Å²) in [5.74, 6) is 0.515. The third kappa shape index (κ3) is 6.12. The SMILES string of the molecule is CCCC(CC)c1ccc(-c2cccc(-c3cc(-c4cccc5ccccc45)cc(-c4cccc5ccccc45)c3)c2)cc1-c1ccccn1. The molecule has 0 spiro atoms. The second kappa shape index (κ2) is 14.0. The van der Waals surface area contributed by atoms with Gasteiger partial charge in [0.25, 0.3) is 0 Å². The number of aromatic nitrogens is 1. The Morgan fingerprint density at radius 2 is 0.980 bits per heavy atom. The number of hydrogen-bond donors (Lipinski definition) is 0. The number of hydrogen-bond acceptors (Lipinski definition) is 1. The Bertz CT molecular complexity index is 2330. The maximum Gasteiger partial charge on any atom is 0.0705 e. The number of rotatable bonds is 9. The summed E-state index contributed by atoms with van der Waals surface area (Å²) in [7, 11) is 0. The lowest BCUT2D eigenvalue weighted by atomic mass is 9.85. The van der Waals surface area contributed by atoms with E-state index in [2.05, 4.69) is 172 Å². The Hall–Kier alpha value is -5.79. The molecule has 8 aromatic rings. The molecule has 8 rings (SSSR count). The first-order chi connectivity index (χ1) is 24.7. The molecule has 1 heterocycles. The lowest BCUT2D eigenvalue weighted by Crippen LogP contribution is -2.01. The maximum absolute atomic E-state index is 4.81. The van der Waals surface area contributed by atoms with Gasteiger partial charge in [-0.05, 0) is 133 Å². The predicted octanol–water partition coefficient (Wildman–Crippen LogP) is 14.0. The number of benzene rings is 7. The lowest BCUT2D eigenvalue weighted by Gasteiger charge is -2.20. The average molecular weight is 644 g/mol. The highest BCUT2D eigenvalue weighted by Crippen LogP contribution is 2.40. The zero-order valence-electron chi connectivity index (χ0n) is 28.8. The van der Waals surface area contributed by atoms with E-state index in [9.17, 15) is 0 Å². The fourth-order valence-electron chi connectivity index (χ4n) is 7.70. The quantitative estimate of drug-likeness (QED) is 0.152. The van der Waals surface area contributed by atoms with Crippen LogP contribution >= 0.6 is 0 Å². The highest BCUT2D eigenvalue weighted by atomic mass is 14.7. The summed E-state index contributed by atoms with van der Waals surface area (Å²) in [6.45, 7) is 4.59. The van der Waals surface area contributed by atoms with Crippen molar-refractivity contribution >= 4 is 21.5 Å². The maximum atomic E-state index is 4.81. The van der Waals surface area contributed by atoms with Crippen molar-refractivity contribution in [3.05, 3.63) is 176 Å². The standard InChI is InChI=1S/C49H41N/c1-3-14-34(4-2)47-27-26-39(33-48(47)49-25-9-10-28-50-49)37-19-11-20-38(29-37)40-30-41(45-23-12-17-35-15-5-7-21-43(35)45)32-42(31-40)46-24-13-18-36-16-6-8-22-44(36)46/h5-13,15-34H,3-4,14H2,1-2H3. The molecule has 1 unspecified atom stereocenters. The van der Waals surface area contributed by atoms with Crippen LogP contribution in [-0.2, 0) is 0 Å². The zero-order valence-corrected chi connectivity index (χ0v) is 28.8. The van der Waals surface area contributed by atoms with Crippen molar-refractivity contribution in [2.75, 3.05) is 0 Å². The molecule has 1 heteroatoms. The van der Waals surface area contributed by atoms with Crippen LogP contribution in [0.3, 0.4) is 0 Å². The van der Waals surface area contributed by atoms with Gasteiger partial charge in [-0.2, -0.15) is 0 Å². The fourth-order valence-corrected chi connectivity index (χ4v) is 7.70. The van der Waals surface area contributed by atoms with Gasteiger partial charge in [0.05, 0.1) is 5.69 Å². The van der Waals surface area contributed by atoms with Crippen molar-refractivity contribution in [1.82, 2.24) is 4.98 Å². The van der Waals surface area contributed by atoms with Gasteiger partial charge in [-0.25, -0.2) is 0 Å². The molecule has 242 valence electrons. The summed E-state index contributed by atoms with van der Waals surface area (Å²) in [6, 6.07) is 60.1. The van der Waals surface area contributed by atoms with Crippen LogP contribution in [0.4, 0.5) is 0 Å². The summed E-state index contributed by atoms with van der Waals surface area (Å²) in [5.41, 5.74) is 13.4. The van der Waals surface area contributed by atoms with Gasteiger partial charge in [0, 0.05) is 11.8 Å². The van der Waals surface area contributed by atoms with Gasteiger partial charge in [-0.3, -0.25) is 4.98 Å². The highest BCUT2D eigenvalue weighted by Gasteiger charge is 2.17. The summed E-state index contributed by atoms with van der Waals surface area (Å²) < 4.78 is 0. The average Bonchev–Trinajstić information content (AvgIpc) is 3.19. The molecule has 0 fully saturated rings. The smallest absolute Gasteiger partial charge is 0.0705 e. The second-order valence-electron chi connectivity index (χ2n) is 13.3. The molecule has 0 bridgehead atoms. The van der Waals surface area contributed by atoms with Gasteiger partial charge >= 0.3 is 0 Å². The number of fused-ring (bicyclic) bond motifs is 2. The molecule has 1 atom stereocenters. The van der Waals surface area contributed by atoms with Crippen LogP contribution < -0.4 is 0 Å². The molecule has 0 aliphatic carbocycles. The van der Waals surface area contributed by atoms with Crippen LogP contribution in [0.5, 0.6) is 0 Å². The predicted molar refractivity (Wildman–Crippen MR) is 214 cm³/mol. The minimum atomic E-state index is 0.515. The van der Waals surface area contributed by atoms with Crippen molar-refractivity contribution in [3.8, 4) is 55.8 Å². The van der Waals surface area contributed by atoms with Crippen LogP contribution in [0.1, 0.15) is 44.6 Å². The molecule has 0 saturated carbocycles. The molecule has 1 aromatic heterocycles. The third-order valence-electron chi connectivity index (χ3n) is 10.2. The Kier molecular flexibility index (Phi) is 8.80. The molecule has 7 aromatic carbocycles. The van der Waals surface area contributed by atoms with Crippen LogP contribution in [0.15, 0.2) is 170 Å². The van der Waals surface area contributed by atoms with Gasteiger partial charge in [0.1, 0.15) is 0 Å². The summed E-state index contributed by atoms with van der Waals surface area (Å²) in [4.78, 5) is 4.81. The zero-order chi connectivity index (χ0) is 33.9. The Labute approximate surface area is 295 Å². The van der Waals surface area contributed by atoms with Crippen LogP contribution in [-0.4, -0.2) is 4.98 Å². The number of nitrogens with zero attached hydrogens (tertiary/aromatic N) is 1. The molecular formula is C49H41N. The van der Waals surface area contributed by atoms with Gasteiger partial charge in [-0.15, -0.1) is 0 Å². The molecule has 1 nitrogen and oxygen atoms in total. The van der Waals surface area contributed by atoms with Crippen molar-refractivity contribution < 1.29 is 0 Å². The third-order valence-corrected chi connectivity index (χ3v) is 10.2. The molecular weight excluding hydrogens is 603 g/mol. The minimum Gasteiger partial charge on any atom is -0.256 e. The molecule has 0 N–H and O–H groups in total. The minimum absolute atomic E-state index is 0.515. The Morgan fingerprint density at radius 3 is 1.60 bits per heavy atom. The van der Waals surface area contributed by atoms with Crippen LogP contribution in [0, 0.1) is 0 Å². The van der Waals surface area contributed by atoms with E-state index in [0.29, 0.717) is 5.92 Å². The van der Waals surface area contributed by atoms with Crippen LogP contribution in [0.25, 0.3) is 77.3 Å². The van der Waals surface area contributed by atoms with Gasteiger partial charge in [0.2, 0.25) is 0 Å². The summed E-state index contributed by atoms with van der Waals surface area (Å²) >= 11 is 0.